The molecule has 4 rings (SSSR count). The third-order valence-corrected chi connectivity index (χ3v) is 5.30. The van der Waals surface area contributed by atoms with Gasteiger partial charge in [0.25, 0.3) is 0 Å². The van der Waals surface area contributed by atoms with Gasteiger partial charge < -0.3 is 16.2 Å². The number of aryl methyl sites for hydroxylation is 1. The molecule has 0 fully saturated rings. The summed E-state index contributed by atoms with van der Waals surface area (Å²) in [6.07, 6.45) is 2.32. The summed E-state index contributed by atoms with van der Waals surface area (Å²) >= 11 is 6.06. The molecule has 0 aliphatic heterocycles. The van der Waals surface area contributed by atoms with Crippen LogP contribution in [0.25, 0.3) is 11.4 Å². The minimum atomic E-state index is -0.395. The molecule has 4 N–H and O–H groups in total. The van der Waals surface area contributed by atoms with Crippen molar-refractivity contribution in [3.63, 3.8) is 0 Å². The molecule has 0 amide bonds. The summed E-state index contributed by atoms with van der Waals surface area (Å²) in [4.78, 5) is 21.0. The Labute approximate surface area is 196 Å². The minimum Gasteiger partial charge on any atom is -0.457 e. The summed E-state index contributed by atoms with van der Waals surface area (Å²) in [5.74, 6) is -0.328. The van der Waals surface area contributed by atoms with Crippen LogP contribution in [0.4, 0.5) is 5.95 Å². The van der Waals surface area contributed by atoms with Crippen molar-refractivity contribution < 1.29 is 9.53 Å². The number of benzene rings is 2. The molecule has 0 saturated carbocycles. The second-order valence-electron chi connectivity index (χ2n) is 7.54. The van der Waals surface area contributed by atoms with Crippen molar-refractivity contribution in [1.82, 2.24) is 19.7 Å². The fourth-order valence-electron chi connectivity index (χ4n) is 3.52. The molecule has 4 aromatic rings. The summed E-state index contributed by atoms with van der Waals surface area (Å²) < 4.78 is 7.26. The minimum absolute atomic E-state index is 0.0672. The second kappa shape index (κ2) is 9.81. The third-order valence-electron chi connectivity index (χ3n) is 5.11. The highest BCUT2D eigenvalue weighted by atomic mass is 35.5. The van der Waals surface area contributed by atoms with Gasteiger partial charge in [-0.15, -0.1) is 0 Å². The van der Waals surface area contributed by atoms with Gasteiger partial charge in [0.2, 0.25) is 5.95 Å². The Balaban J connectivity index is 1.56. The van der Waals surface area contributed by atoms with Gasteiger partial charge in [-0.05, 0) is 22.8 Å². The van der Waals surface area contributed by atoms with Crippen molar-refractivity contribution in [3.05, 3.63) is 93.8 Å². The van der Waals surface area contributed by atoms with E-state index in [0.717, 1.165) is 22.3 Å². The van der Waals surface area contributed by atoms with Crippen LogP contribution >= 0.6 is 11.6 Å². The Kier molecular flexibility index (Phi) is 6.67. The standard InChI is InChI=1S/C24H23ClN6O2/c1-31-13-18(22(30-31)20-11-21(25)29-24(27)28-20)10-17-4-2-3-5-19(17)23(32)33-14-16-8-6-15(12-26)7-9-16/h2-9,11,13H,10,12,14,26H2,1H3,(H2,27,28,29). The van der Waals surface area contributed by atoms with Gasteiger partial charge in [-0.3, -0.25) is 4.68 Å². The first-order chi connectivity index (χ1) is 15.9. The maximum atomic E-state index is 12.9. The van der Waals surface area contributed by atoms with Crippen LogP contribution < -0.4 is 11.5 Å². The van der Waals surface area contributed by atoms with Crippen LogP contribution in [0, 0.1) is 0 Å². The van der Waals surface area contributed by atoms with E-state index in [4.69, 9.17) is 27.8 Å². The van der Waals surface area contributed by atoms with E-state index < -0.39 is 5.97 Å². The molecule has 2 heterocycles. The number of rotatable bonds is 7. The van der Waals surface area contributed by atoms with Gasteiger partial charge in [-0.25, -0.2) is 14.8 Å². The number of aromatic nitrogens is 4. The summed E-state index contributed by atoms with van der Waals surface area (Å²) in [5.41, 5.74) is 16.6. The van der Waals surface area contributed by atoms with Crippen LogP contribution in [0.2, 0.25) is 5.15 Å². The van der Waals surface area contributed by atoms with E-state index in [9.17, 15) is 4.79 Å². The number of anilines is 1. The highest BCUT2D eigenvalue weighted by Gasteiger charge is 2.18. The first-order valence-electron chi connectivity index (χ1n) is 10.3. The van der Waals surface area contributed by atoms with Crippen molar-refractivity contribution in [2.75, 3.05) is 5.73 Å². The van der Waals surface area contributed by atoms with E-state index in [1.165, 1.54) is 0 Å². The van der Waals surface area contributed by atoms with Crippen molar-refractivity contribution in [2.45, 2.75) is 19.6 Å². The second-order valence-corrected chi connectivity index (χ2v) is 7.93. The predicted molar refractivity (Wildman–Crippen MR) is 126 cm³/mol. The van der Waals surface area contributed by atoms with Gasteiger partial charge in [0.1, 0.15) is 17.5 Å². The summed E-state index contributed by atoms with van der Waals surface area (Å²) in [6.45, 7) is 0.645. The van der Waals surface area contributed by atoms with Gasteiger partial charge in [0.15, 0.2) is 0 Å². The van der Waals surface area contributed by atoms with Crippen molar-refractivity contribution in [1.29, 1.82) is 0 Å². The molecule has 0 atom stereocenters. The average Bonchev–Trinajstić information content (AvgIpc) is 3.17. The lowest BCUT2D eigenvalue weighted by Gasteiger charge is -2.10. The number of esters is 1. The Bertz CT molecular complexity index is 1270. The largest absolute Gasteiger partial charge is 0.457 e. The molecule has 0 bridgehead atoms. The molecule has 0 unspecified atom stereocenters. The Morgan fingerprint density at radius 2 is 1.79 bits per heavy atom. The fourth-order valence-corrected chi connectivity index (χ4v) is 3.71. The lowest BCUT2D eigenvalue weighted by molar-refractivity contribution is 0.0471. The first-order valence-corrected chi connectivity index (χ1v) is 10.7. The fraction of sp³-hybridized carbons (Fsp3) is 0.167. The zero-order valence-corrected chi connectivity index (χ0v) is 18.8. The number of ether oxygens (including phenoxy) is 1. The van der Waals surface area contributed by atoms with Crippen LogP contribution in [0.1, 0.15) is 32.6 Å². The number of hydrogen-bond donors (Lipinski definition) is 2. The highest BCUT2D eigenvalue weighted by molar-refractivity contribution is 6.29. The Morgan fingerprint density at radius 1 is 1.06 bits per heavy atom. The van der Waals surface area contributed by atoms with E-state index in [1.807, 2.05) is 55.7 Å². The molecule has 0 spiro atoms. The number of nitrogens with two attached hydrogens (primary N) is 2. The summed E-state index contributed by atoms with van der Waals surface area (Å²) in [6, 6.07) is 16.6. The molecule has 2 aromatic carbocycles. The maximum absolute atomic E-state index is 12.9. The number of carbonyl (C=O) groups is 1. The number of carbonyl (C=O) groups excluding carboxylic acids is 1. The average molecular weight is 463 g/mol. The van der Waals surface area contributed by atoms with E-state index in [2.05, 4.69) is 15.1 Å². The number of nitrogens with zero attached hydrogens (tertiary/aromatic N) is 4. The monoisotopic (exact) mass is 462 g/mol. The van der Waals surface area contributed by atoms with Gasteiger partial charge >= 0.3 is 5.97 Å². The number of nitrogen functional groups attached to an aromatic ring is 1. The molecule has 0 saturated heterocycles. The molecule has 9 heteroatoms. The molecule has 33 heavy (non-hydrogen) atoms. The maximum Gasteiger partial charge on any atom is 0.338 e. The highest BCUT2D eigenvalue weighted by Crippen LogP contribution is 2.26. The zero-order chi connectivity index (χ0) is 23.4. The Hall–Kier alpha value is -3.75. The summed E-state index contributed by atoms with van der Waals surface area (Å²) in [5, 5.41) is 4.74. The first kappa shape index (κ1) is 22.4. The van der Waals surface area contributed by atoms with E-state index in [0.29, 0.717) is 29.9 Å². The molecule has 168 valence electrons. The van der Waals surface area contributed by atoms with Gasteiger partial charge in [0, 0.05) is 37.8 Å². The molecule has 0 aliphatic rings. The lowest BCUT2D eigenvalue weighted by atomic mass is 9.99. The van der Waals surface area contributed by atoms with E-state index in [1.54, 1.807) is 16.8 Å². The SMILES string of the molecule is Cn1cc(Cc2ccccc2C(=O)OCc2ccc(CN)cc2)c(-c2cc(Cl)nc(N)n2)n1. The molecule has 2 aromatic heterocycles. The molecular weight excluding hydrogens is 440 g/mol. The predicted octanol–water partition coefficient (Wildman–Crippen LogP) is 3.52. The Morgan fingerprint density at radius 3 is 2.52 bits per heavy atom. The van der Waals surface area contributed by atoms with Crippen molar-refractivity contribution >= 4 is 23.5 Å². The topological polar surface area (TPSA) is 122 Å². The molecular formula is C24H23ClN6O2. The normalized spacial score (nSPS) is 10.9. The van der Waals surface area contributed by atoms with Crippen molar-refractivity contribution in [2.24, 2.45) is 12.8 Å². The van der Waals surface area contributed by atoms with E-state index >= 15 is 0 Å². The zero-order valence-electron chi connectivity index (χ0n) is 18.0. The summed E-state index contributed by atoms with van der Waals surface area (Å²) in [7, 11) is 1.81. The van der Waals surface area contributed by atoms with Crippen LogP contribution in [-0.2, 0) is 31.4 Å². The molecule has 0 radical (unpaired) electrons. The van der Waals surface area contributed by atoms with Gasteiger partial charge in [-0.1, -0.05) is 54.1 Å². The van der Waals surface area contributed by atoms with Crippen LogP contribution in [0.15, 0.2) is 60.8 Å². The van der Waals surface area contributed by atoms with Crippen LogP contribution in [-0.4, -0.2) is 25.7 Å². The molecule has 0 aliphatic carbocycles. The van der Waals surface area contributed by atoms with Crippen molar-refractivity contribution in [3.8, 4) is 11.4 Å². The third kappa shape index (κ3) is 5.36. The van der Waals surface area contributed by atoms with Gasteiger partial charge in [-0.2, -0.15) is 5.10 Å². The van der Waals surface area contributed by atoms with Crippen LogP contribution in [0.3, 0.4) is 0 Å². The smallest absolute Gasteiger partial charge is 0.338 e. The molecule has 8 nitrogen and oxygen atoms in total. The number of halogens is 1. The van der Waals surface area contributed by atoms with E-state index in [-0.39, 0.29) is 17.7 Å². The lowest BCUT2D eigenvalue weighted by Crippen LogP contribution is -2.09. The van der Waals surface area contributed by atoms with Crippen LogP contribution in [0.5, 0.6) is 0 Å². The quantitative estimate of drug-likeness (QED) is 0.318. The van der Waals surface area contributed by atoms with Gasteiger partial charge in [0.05, 0.1) is 11.3 Å². The number of hydrogen-bond acceptors (Lipinski definition) is 7.